The molecule has 0 spiro atoms. The van der Waals surface area contributed by atoms with E-state index in [2.05, 4.69) is 44.5 Å². The number of nitrogens with one attached hydrogen (secondary N) is 1. The summed E-state index contributed by atoms with van der Waals surface area (Å²) in [6.07, 6.45) is 10.6. The number of hydrogen-bond acceptors (Lipinski definition) is 7. The van der Waals surface area contributed by atoms with Crippen molar-refractivity contribution in [2.75, 3.05) is 38.2 Å². The minimum atomic E-state index is 0.476. The number of morpholine rings is 1. The molecule has 5 rings (SSSR count). The molecule has 188 valence electrons. The molecule has 0 radical (unpaired) electrons. The van der Waals surface area contributed by atoms with Crippen LogP contribution >= 0.6 is 23.4 Å². The number of benzene rings is 2. The summed E-state index contributed by atoms with van der Waals surface area (Å²) in [5.74, 6) is 0. The zero-order valence-corrected chi connectivity index (χ0v) is 22.1. The molecule has 9 heteroatoms. The Bertz CT molecular complexity index is 1470. The lowest BCUT2D eigenvalue weighted by molar-refractivity contribution is 0.0387. The summed E-state index contributed by atoms with van der Waals surface area (Å²) < 4.78 is 7.36. The molecule has 7 nitrogen and oxygen atoms in total. The number of ether oxygens (including phenoxy) is 1. The van der Waals surface area contributed by atoms with Crippen LogP contribution in [0.3, 0.4) is 0 Å². The minimum Gasteiger partial charge on any atom is -0.379 e. The summed E-state index contributed by atoms with van der Waals surface area (Å²) in [6.45, 7) is 4.68. The zero-order valence-electron chi connectivity index (χ0n) is 20.5. The lowest BCUT2D eigenvalue weighted by Gasteiger charge is -2.25. The fraction of sp³-hybridized carbons (Fsp3) is 0.250. The van der Waals surface area contributed by atoms with E-state index in [1.165, 1.54) is 11.8 Å². The summed E-state index contributed by atoms with van der Waals surface area (Å²) in [4.78, 5) is 12.2. The Balaban J connectivity index is 1.33. The molecule has 0 unspecified atom stereocenters. The predicted molar refractivity (Wildman–Crippen MR) is 149 cm³/mol. The first-order valence-corrected chi connectivity index (χ1v) is 13.3. The van der Waals surface area contributed by atoms with Crippen molar-refractivity contribution in [3.05, 3.63) is 77.2 Å². The Kier molecular flexibility index (Phi) is 8.07. The number of rotatable bonds is 8. The van der Waals surface area contributed by atoms with E-state index in [1.807, 2.05) is 48.1 Å². The smallest absolute Gasteiger partial charge is 0.172 e. The van der Waals surface area contributed by atoms with Gasteiger partial charge in [-0.25, -0.2) is 4.98 Å². The fourth-order valence-electron chi connectivity index (χ4n) is 4.19. The van der Waals surface area contributed by atoms with Crippen molar-refractivity contribution in [2.24, 2.45) is 7.05 Å². The van der Waals surface area contributed by atoms with Gasteiger partial charge in [-0.3, -0.25) is 9.88 Å². The van der Waals surface area contributed by atoms with Crippen LogP contribution in [0.5, 0.6) is 0 Å². The number of anilines is 2. The van der Waals surface area contributed by atoms with E-state index in [9.17, 15) is 5.26 Å². The molecule has 0 saturated carbocycles. The first kappa shape index (κ1) is 25.3. The highest BCUT2D eigenvalue weighted by Gasteiger charge is 2.13. The standard InChI is InChI=1S/C28H27ClN6OS/c1-34-11-9-31-28(34)37-26-8-6-22(17-24(26)29)33-27-21(18-30)19-32-25-16-20(5-7-23(25)27)4-2-3-10-35-12-14-36-15-13-35/h2,4-9,11,16-17,19H,3,10,12-15H2,1H3,(H,32,33). The molecule has 2 aromatic heterocycles. The average molecular weight is 531 g/mol. The number of aryl methyl sites for hydroxylation is 1. The summed E-state index contributed by atoms with van der Waals surface area (Å²) in [5, 5.41) is 15.5. The first-order valence-electron chi connectivity index (χ1n) is 12.1. The molecule has 2 aromatic carbocycles. The van der Waals surface area contributed by atoms with Crippen LogP contribution in [0, 0.1) is 11.3 Å². The predicted octanol–water partition coefficient (Wildman–Crippen LogP) is 6.12. The Morgan fingerprint density at radius 1 is 1.19 bits per heavy atom. The molecule has 1 fully saturated rings. The van der Waals surface area contributed by atoms with Gasteiger partial charge >= 0.3 is 0 Å². The Hall–Kier alpha value is -3.35. The maximum atomic E-state index is 9.74. The Morgan fingerprint density at radius 2 is 2.05 bits per heavy atom. The molecule has 1 saturated heterocycles. The van der Waals surface area contributed by atoms with Crippen molar-refractivity contribution in [3.63, 3.8) is 0 Å². The third kappa shape index (κ3) is 6.14. The van der Waals surface area contributed by atoms with Crippen molar-refractivity contribution in [1.29, 1.82) is 5.26 Å². The molecule has 3 heterocycles. The lowest BCUT2D eigenvalue weighted by Crippen LogP contribution is -2.36. The highest BCUT2D eigenvalue weighted by molar-refractivity contribution is 7.99. The van der Waals surface area contributed by atoms with E-state index in [0.29, 0.717) is 10.6 Å². The second-order valence-electron chi connectivity index (χ2n) is 8.77. The van der Waals surface area contributed by atoms with Crippen molar-refractivity contribution >= 4 is 51.7 Å². The van der Waals surface area contributed by atoms with Crippen LogP contribution in [0.2, 0.25) is 5.02 Å². The van der Waals surface area contributed by atoms with Gasteiger partial charge in [0.15, 0.2) is 5.16 Å². The molecule has 0 atom stereocenters. The van der Waals surface area contributed by atoms with E-state index < -0.39 is 0 Å². The van der Waals surface area contributed by atoms with Crippen molar-refractivity contribution in [3.8, 4) is 6.07 Å². The molecule has 0 amide bonds. The van der Waals surface area contributed by atoms with E-state index in [-0.39, 0.29) is 0 Å². The number of hydrogen-bond donors (Lipinski definition) is 1. The van der Waals surface area contributed by atoms with Gasteiger partial charge in [0.1, 0.15) is 6.07 Å². The first-order chi connectivity index (χ1) is 18.1. The van der Waals surface area contributed by atoms with Crippen LogP contribution in [0.15, 0.2) is 71.1 Å². The second-order valence-corrected chi connectivity index (χ2v) is 10.2. The van der Waals surface area contributed by atoms with Gasteiger partial charge < -0.3 is 14.6 Å². The van der Waals surface area contributed by atoms with Gasteiger partial charge in [-0.15, -0.1) is 0 Å². The summed E-state index contributed by atoms with van der Waals surface area (Å²) in [5.41, 5.74) is 3.89. The van der Waals surface area contributed by atoms with Crippen molar-refractivity contribution in [1.82, 2.24) is 19.4 Å². The van der Waals surface area contributed by atoms with Gasteiger partial charge in [0, 0.05) is 61.2 Å². The number of pyridine rings is 1. The molecule has 1 N–H and O–H groups in total. The Labute approximate surface area is 225 Å². The lowest BCUT2D eigenvalue weighted by atomic mass is 10.1. The van der Waals surface area contributed by atoms with Crippen LogP contribution in [-0.4, -0.2) is 52.3 Å². The third-order valence-corrected chi connectivity index (χ3v) is 7.80. The van der Waals surface area contributed by atoms with Crippen LogP contribution in [0.25, 0.3) is 17.0 Å². The van der Waals surface area contributed by atoms with Gasteiger partial charge in [0.25, 0.3) is 0 Å². The van der Waals surface area contributed by atoms with Gasteiger partial charge in [-0.05, 0) is 36.2 Å². The average Bonchev–Trinajstić information content (AvgIpc) is 3.33. The van der Waals surface area contributed by atoms with Crippen LogP contribution in [0.1, 0.15) is 17.5 Å². The maximum Gasteiger partial charge on any atom is 0.172 e. The topological polar surface area (TPSA) is 79.0 Å². The van der Waals surface area contributed by atoms with E-state index in [4.69, 9.17) is 16.3 Å². The number of nitriles is 1. The maximum absolute atomic E-state index is 9.74. The van der Waals surface area contributed by atoms with E-state index >= 15 is 0 Å². The van der Waals surface area contributed by atoms with Crippen LogP contribution in [0.4, 0.5) is 11.4 Å². The largest absolute Gasteiger partial charge is 0.379 e. The molecule has 4 aromatic rings. The molecule has 1 aliphatic rings. The van der Waals surface area contributed by atoms with Gasteiger partial charge in [0.2, 0.25) is 0 Å². The number of aromatic nitrogens is 3. The number of nitrogens with zero attached hydrogens (tertiary/aromatic N) is 5. The van der Waals surface area contributed by atoms with Gasteiger partial charge in [0.05, 0.1) is 35.0 Å². The SMILES string of the molecule is Cn1ccnc1Sc1ccc(Nc2c(C#N)cnc3cc(C=CCCN4CCOCC4)ccc23)cc1Cl. The summed E-state index contributed by atoms with van der Waals surface area (Å²) >= 11 is 8.10. The third-order valence-electron chi connectivity index (χ3n) is 6.22. The highest BCUT2D eigenvalue weighted by Crippen LogP contribution is 2.36. The van der Waals surface area contributed by atoms with Gasteiger partial charge in [-0.2, -0.15) is 5.26 Å². The highest BCUT2D eigenvalue weighted by atomic mass is 35.5. The Morgan fingerprint density at radius 3 is 2.81 bits per heavy atom. The fourth-order valence-corrected chi connectivity index (χ4v) is 5.29. The van der Waals surface area contributed by atoms with Crippen LogP contribution < -0.4 is 5.32 Å². The number of halogens is 1. The monoisotopic (exact) mass is 530 g/mol. The summed E-state index contributed by atoms with van der Waals surface area (Å²) in [6, 6.07) is 14.2. The van der Waals surface area contributed by atoms with E-state index in [0.717, 1.165) is 77.2 Å². The van der Waals surface area contributed by atoms with E-state index in [1.54, 1.807) is 12.4 Å². The molecule has 1 aliphatic heterocycles. The quantitative estimate of drug-likeness (QED) is 0.294. The molecular formula is C28H27ClN6OS. The number of imidazole rings is 1. The second kappa shape index (κ2) is 11.8. The minimum absolute atomic E-state index is 0.476. The molecule has 0 bridgehead atoms. The van der Waals surface area contributed by atoms with Crippen molar-refractivity contribution in [2.45, 2.75) is 16.5 Å². The molecule has 0 aliphatic carbocycles. The van der Waals surface area contributed by atoms with Crippen LogP contribution in [-0.2, 0) is 11.8 Å². The summed E-state index contributed by atoms with van der Waals surface area (Å²) in [7, 11) is 1.95. The molecule has 37 heavy (non-hydrogen) atoms. The normalized spacial score (nSPS) is 14.3. The molecular weight excluding hydrogens is 504 g/mol. The van der Waals surface area contributed by atoms with Crippen molar-refractivity contribution < 1.29 is 4.74 Å². The number of fused-ring (bicyclic) bond motifs is 1. The zero-order chi connectivity index (χ0) is 25.6. The van der Waals surface area contributed by atoms with Gasteiger partial charge in [-0.1, -0.05) is 47.6 Å².